The molecule has 1 aliphatic rings. The molecule has 0 spiro atoms. The van der Waals surface area contributed by atoms with Crippen molar-refractivity contribution in [2.45, 2.75) is 19.3 Å². The third-order valence-corrected chi connectivity index (χ3v) is 4.69. The SMILES string of the molecule is COc1ccc(NC(=O)CC2CCCN(c3cnn(C)c(=O)c3)C2)cc1. The third-order valence-electron chi connectivity index (χ3n) is 4.69. The fraction of sp³-hybridized carbons (Fsp3) is 0.421. The normalized spacial score (nSPS) is 17.0. The van der Waals surface area contributed by atoms with E-state index < -0.39 is 0 Å². The van der Waals surface area contributed by atoms with Crippen molar-refractivity contribution in [3.63, 3.8) is 0 Å². The van der Waals surface area contributed by atoms with Gasteiger partial charge in [-0.1, -0.05) is 0 Å². The Hall–Kier alpha value is -2.83. The summed E-state index contributed by atoms with van der Waals surface area (Å²) in [4.78, 5) is 26.3. The Morgan fingerprint density at radius 3 is 2.81 bits per heavy atom. The summed E-state index contributed by atoms with van der Waals surface area (Å²) in [6.45, 7) is 1.64. The van der Waals surface area contributed by atoms with E-state index in [1.54, 1.807) is 26.4 Å². The van der Waals surface area contributed by atoms with E-state index in [1.807, 2.05) is 24.3 Å². The fourth-order valence-electron chi connectivity index (χ4n) is 3.25. The lowest BCUT2D eigenvalue weighted by atomic mass is 9.94. The molecule has 1 fully saturated rings. The van der Waals surface area contributed by atoms with Crippen LogP contribution in [0.5, 0.6) is 5.75 Å². The number of ether oxygens (including phenoxy) is 1. The largest absolute Gasteiger partial charge is 0.497 e. The van der Waals surface area contributed by atoms with Crippen molar-refractivity contribution < 1.29 is 9.53 Å². The number of aryl methyl sites for hydroxylation is 1. The summed E-state index contributed by atoms with van der Waals surface area (Å²) in [6.07, 6.45) is 4.17. The van der Waals surface area contributed by atoms with Crippen molar-refractivity contribution in [1.29, 1.82) is 0 Å². The van der Waals surface area contributed by atoms with Crippen LogP contribution in [0.15, 0.2) is 41.3 Å². The van der Waals surface area contributed by atoms with Crippen LogP contribution in [0.3, 0.4) is 0 Å². The average Bonchev–Trinajstić information content (AvgIpc) is 2.65. The molecule has 1 amide bonds. The molecule has 1 aliphatic heterocycles. The second-order valence-electron chi connectivity index (χ2n) is 6.61. The van der Waals surface area contributed by atoms with Gasteiger partial charge in [0.2, 0.25) is 5.91 Å². The molecule has 1 aromatic heterocycles. The fourth-order valence-corrected chi connectivity index (χ4v) is 3.25. The molecule has 2 heterocycles. The maximum atomic E-state index is 12.4. The van der Waals surface area contributed by atoms with Gasteiger partial charge in [-0.05, 0) is 43.0 Å². The van der Waals surface area contributed by atoms with Crippen molar-refractivity contribution in [3.8, 4) is 5.75 Å². The number of anilines is 2. The van der Waals surface area contributed by atoms with Crippen LogP contribution in [-0.2, 0) is 11.8 Å². The van der Waals surface area contributed by atoms with Gasteiger partial charge in [0.15, 0.2) is 0 Å². The summed E-state index contributed by atoms with van der Waals surface area (Å²) >= 11 is 0. The molecule has 3 rings (SSSR count). The third kappa shape index (κ3) is 4.41. The Morgan fingerprint density at radius 2 is 2.12 bits per heavy atom. The molecule has 7 heteroatoms. The molecule has 1 aromatic carbocycles. The van der Waals surface area contributed by atoms with E-state index >= 15 is 0 Å². The first-order chi connectivity index (χ1) is 12.5. The Balaban J connectivity index is 1.57. The van der Waals surface area contributed by atoms with Gasteiger partial charge < -0.3 is 15.0 Å². The number of methoxy groups -OCH3 is 1. The van der Waals surface area contributed by atoms with E-state index in [-0.39, 0.29) is 17.4 Å². The lowest BCUT2D eigenvalue weighted by Gasteiger charge is -2.33. The minimum atomic E-state index is -0.123. The number of piperidine rings is 1. The van der Waals surface area contributed by atoms with Gasteiger partial charge >= 0.3 is 0 Å². The highest BCUT2D eigenvalue weighted by Crippen LogP contribution is 2.24. The van der Waals surface area contributed by atoms with E-state index in [4.69, 9.17) is 4.74 Å². The Bertz CT molecular complexity index is 816. The predicted molar refractivity (Wildman–Crippen MR) is 101 cm³/mol. The Morgan fingerprint density at radius 1 is 1.35 bits per heavy atom. The van der Waals surface area contributed by atoms with E-state index in [0.717, 1.165) is 43.1 Å². The lowest BCUT2D eigenvalue weighted by Crippen LogP contribution is -2.37. The first kappa shape index (κ1) is 18.0. The minimum Gasteiger partial charge on any atom is -0.497 e. The molecule has 138 valence electrons. The Labute approximate surface area is 152 Å². The van der Waals surface area contributed by atoms with Gasteiger partial charge in [0, 0.05) is 38.3 Å². The second-order valence-corrected chi connectivity index (χ2v) is 6.61. The first-order valence-corrected chi connectivity index (χ1v) is 8.77. The number of hydrogen-bond donors (Lipinski definition) is 1. The number of amides is 1. The van der Waals surface area contributed by atoms with E-state index in [0.29, 0.717) is 6.42 Å². The topological polar surface area (TPSA) is 76.5 Å². The molecule has 0 radical (unpaired) electrons. The molecule has 26 heavy (non-hydrogen) atoms. The number of carbonyl (C=O) groups excluding carboxylic acids is 1. The first-order valence-electron chi connectivity index (χ1n) is 8.77. The van der Waals surface area contributed by atoms with Gasteiger partial charge in [0.1, 0.15) is 5.75 Å². The van der Waals surface area contributed by atoms with Crippen molar-refractivity contribution in [2.24, 2.45) is 13.0 Å². The Kier molecular flexibility index (Phi) is 5.55. The number of nitrogens with one attached hydrogen (secondary N) is 1. The summed E-state index contributed by atoms with van der Waals surface area (Å²) in [5.74, 6) is 1.02. The summed E-state index contributed by atoms with van der Waals surface area (Å²) < 4.78 is 6.43. The van der Waals surface area contributed by atoms with Crippen molar-refractivity contribution in [2.75, 3.05) is 30.4 Å². The standard InChI is InChI=1S/C19H24N4O3/c1-22-19(25)11-16(12-20-22)23-9-3-4-14(13-23)10-18(24)21-15-5-7-17(26-2)8-6-15/h5-8,11-12,14H,3-4,9-10,13H2,1-2H3,(H,21,24). The summed E-state index contributed by atoms with van der Waals surface area (Å²) in [7, 11) is 3.25. The highest BCUT2D eigenvalue weighted by Gasteiger charge is 2.23. The van der Waals surface area contributed by atoms with E-state index in [2.05, 4.69) is 15.3 Å². The van der Waals surface area contributed by atoms with Crippen LogP contribution in [0.1, 0.15) is 19.3 Å². The molecule has 0 aliphatic carbocycles. The smallest absolute Gasteiger partial charge is 0.268 e. The van der Waals surface area contributed by atoms with Crippen molar-refractivity contribution >= 4 is 17.3 Å². The molecule has 2 aromatic rings. The monoisotopic (exact) mass is 356 g/mol. The van der Waals surface area contributed by atoms with Crippen LogP contribution in [-0.4, -0.2) is 35.9 Å². The lowest BCUT2D eigenvalue weighted by molar-refractivity contribution is -0.117. The zero-order valence-electron chi connectivity index (χ0n) is 15.1. The molecule has 0 saturated carbocycles. The molecule has 0 bridgehead atoms. The zero-order chi connectivity index (χ0) is 18.5. The summed E-state index contributed by atoms with van der Waals surface area (Å²) in [6, 6.07) is 8.90. The molecular formula is C19H24N4O3. The number of rotatable bonds is 5. The predicted octanol–water partition coefficient (Wildman–Crippen LogP) is 2.03. The minimum absolute atomic E-state index is 0.00381. The number of benzene rings is 1. The van der Waals surface area contributed by atoms with Crippen molar-refractivity contribution in [3.05, 3.63) is 46.9 Å². The summed E-state index contributed by atoms with van der Waals surface area (Å²) in [5.41, 5.74) is 1.47. The number of carbonyl (C=O) groups is 1. The molecule has 1 unspecified atom stereocenters. The van der Waals surface area contributed by atoms with Crippen molar-refractivity contribution in [1.82, 2.24) is 9.78 Å². The van der Waals surface area contributed by atoms with Gasteiger partial charge in [-0.3, -0.25) is 9.59 Å². The average molecular weight is 356 g/mol. The molecule has 1 atom stereocenters. The van der Waals surface area contributed by atoms with Gasteiger partial charge in [-0.15, -0.1) is 0 Å². The van der Waals surface area contributed by atoms with Gasteiger partial charge in [-0.25, -0.2) is 4.68 Å². The maximum absolute atomic E-state index is 12.4. The number of hydrogen-bond acceptors (Lipinski definition) is 5. The highest BCUT2D eigenvalue weighted by molar-refractivity contribution is 5.90. The molecule has 1 saturated heterocycles. The molecular weight excluding hydrogens is 332 g/mol. The maximum Gasteiger partial charge on any atom is 0.268 e. The molecule has 7 nitrogen and oxygen atoms in total. The van der Waals surface area contributed by atoms with E-state index in [1.165, 1.54) is 4.68 Å². The van der Waals surface area contributed by atoms with Crippen LogP contribution < -0.4 is 20.5 Å². The van der Waals surface area contributed by atoms with Crippen LogP contribution in [0.4, 0.5) is 11.4 Å². The van der Waals surface area contributed by atoms with Crippen LogP contribution in [0, 0.1) is 5.92 Å². The van der Waals surface area contributed by atoms with Gasteiger partial charge in [0.25, 0.3) is 5.56 Å². The highest BCUT2D eigenvalue weighted by atomic mass is 16.5. The quantitative estimate of drug-likeness (QED) is 0.887. The number of aromatic nitrogens is 2. The number of nitrogens with zero attached hydrogens (tertiary/aromatic N) is 3. The van der Waals surface area contributed by atoms with Crippen LogP contribution in [0.2, 0.25) is 0 Å². The molecule has 1 N–H and O–H groups in total. The summed E-state index contributed by atoms with van der Waals surface area (Å²) in [5, 5.41) is 7.02. The van der Waals surface area contributed by atoms with Crippen LogP contribution in [0.25, 0.3) is 0 Å². The van der Waals surface area contributed by atoms with Crippen LogP contribution >= 0.6 is 0 Å². The second kappa shape index (κ2) is 8.03. The van der Waals surface area contributed by atoms with Gasteiger partial charge in [0.05, 0.1) is 19.0 Å². The van der Waals surface area contributed by atoms with E-state index in [9.17, 15) is 9.59 Å². The van der Waals surface area contributed by atoms with Gasteiger partial charge in [-0.2, -0.15) is 5.10 Å². The zero-order valence-corrected chi connectivity index (χ0v) is 15.1.